The molecule has 0 saturated carbocycles. The molecular weight excluding hydrogens is 267 g/mol. The maximum absolute atomic E-state index is 13.6. The topological polar surface area (TPSA) is 41.9 Å². The molecular formula is C13H9FN2O2S. The van der Waals surface area contributed by atoms with Crippen molar-refractivity contribution < 1.29 is 13.9 Å². The molecule has 0 atom stereocenters. The molecule has 2 rings (SSSR count). The lowest BCUT2D eigenvalue weighted by Crippen LogP contribution is -2.39. The number of amides is 1. The number of benzene rings is 1. The van der Waals surface area contributed by atoms with Gasteiger partial charge in [0, 0.05) is 6.07 Å². The lowest BCUT2D eigenvalue weighted by Gasteiger charge is -2.28. The van der Waals surface area contributed by atoms with Crippen molar-refractivity contribution in [3.8, 4) is 17.6 Å². The number of aliphatic imine (C=N–C) groups is 1. The van der Waals surface area contributed by atoms with Crippen LogP contribution in [0.5, 0.6) is 5.75 Å². The smallest absolute Gasteiger partial charge is 0.265 e. The first-order valence-electron chi connectivity index (χ1n) is 5.41. The Bertz CT molecular complexity index is 642. The first kappa shape index (κ1) is 13.2. The van der Waals surface area contributed by atoms with Crippen molar-refractivity contribution in [2.75, 3.05) is 18.1 Å². The molecule has 0 fully saturated rings. The number of thiocarbonyl (C=S) groups is 1. The lowest BCUT2D eigenvalue weighted by molar-refractivity contribution is -0.121. The Morgan fingerprint density at radius 1 is 1.58 bits per heavy atom. The van der Waals surface area contributed by atoms with E-state index >= 15 is 0 Å². The molecule has 1 aromatic carbocycles. The molecule has 4 nitrogen and oxygen atoms in total. The van der Waals surface area contributed by atoms with E-state index in [1.165, 1.54) is 17.0 Å². The lowest BCUT2D eigenvalue weighted by atomic mass is 10.2. The van der Waals surface area contributed by atoms with Crippen molar-refractivity contribution in [3.63, 3.8) is 0 Å². The minimum Gasteiger partial charge on any atom is -0.481 e. The van der Waals surface area contributed by atoms with Crippen molar-refractivity contribution in [1.82, 2.24) is 0 Å². The molecule has 0 unspecified atom stereocenters. The molecule has 0 saturated heterocycles. The fourth-order valence-electron chi connectivity index (χ4n) is 1.68. The van der Waals surface area contributed by atoms with E-state index < -0.39 is 5.82 Å². The van der Waals surface area contributed by atoms with E-state index in [4.69, 9.17) is 4.74 Å². The number of halogens is 1. The summed E-state index contributed by atoms with van der Waals surface area (Å²) in [6, 6.07) is 2.58. The summed E-state index contributed by atoms with van der Waals surface area (Å²) in [7, 11) is 0. The SMILES string of the molecule is CC#CCN1C(=O)COc2cc(F)c(N=C=S)cc21. The first-order chi connectivity index (χ1) is 9.17. The second-order valence-corrected chi connectivity index (χ2v) is 3.85. The van der Waals surface area contributed by atoms with Gasteiger partial charge in [-0.3, -0.25) is 9.69 Å². The number of carbonyl (C=O) groups is 1. The highest BCUT2D eigenvalue weighted by Gasteiger charge is 2.26. The van der Waals surface area contributed by atoms with E-state index in [2.05, 4.69) is 34.2 Å². The van der Waals surface area contributed by atoms with Gasteiger partial charge in [-0.1, -0.05) is 5.92 Å². The Morgan fingerprint density at radius 2 is 2.37 bits per heavy atom. The second-order valence-electron chi connectivity index (χ2n) is 3.67. The number of carbonyl (C=O) groups excluding carboxylic acids is 1. The van der Waals surface area contributed by atoms with Crippen molar-refractivity contribution >= 4 is 34.7 Å². The van der Waals surface area contributed by atoms with Crippen LogP contribution in [-0.2, 0) is 4.79 Å². The van der Waals surface area contributed by atoms with Gasteiger partial charge in [-0.25, -0.2) is 4.39 Å². The minimum atomic E-state index is -0.577. The number of isothiocyanates is 1. The maximum atomic E-state index is 13.6. The minimum absolute atomic E-state index is 0.0153. The van der Waals surface area contributed by atoms with Gasteiger partial charge in [-0.05, 0) is 25.2 Å². The average molecular weight is 276 g/mol. The van der Waals surface area contributed by atoms with Crippen molar-refractivity contribution in [3.05, 3.63) is 17.9 Å². The summed E-state index contributed by atoms with van der Waals surface area (Å²) >= 11 is 4.45. The number of hydrogen-bond donors (Lipinski definition) is 0. The second kappa shape index (κ2) is 5.61. The number of nitrogens with zero attached hydrogens (tertiary/aromatic N) is 2. The summed E-state index contributed by atoms with van der Waals surface area (Å²) < 4.78 is 18.8. The van der Waals surface area contributed by atoms with E-state index in [9.17, 15) is 9.18 Å². The summed E-state index contributed by atoms with van der Waals surface area (Å²) in [6.45, 7) is 1.77. The predicted octanol–water partition coefficient (Wildman–Crippen LogP) is 2.31. The van der Waals surface area contributed by atoms with Crippen LogP contribution in [0.3, 0.4) is 0 Å². The summed E-state index contributed by atoms with van der Waals surface area (Å²) in [4.78, 5) is 16.8. The van der Waals surface area contributed by atoms with Gasteiger partial charge in [0.25, 0.3) is 5.91 Å². The van der Waals surface area contributed by atoms with Crippen molar-refractivity contribution in [1.29, 1.82) is 0 Å². The molecule has 0 spiro atoms. The van der Waals surface area contributed by atoms with Crippen LogP contribution < -0.4 is 9.64 Å². The van der Waals surface area contributed by atoms with Crippen LogP contribution in [0.25, 0.3) is 0 Å². The average Bonchev–Trinajstić information content (AvgIpc) is 2.39. The molecule has 1 heterocycles. The number of hydrogen-bond acceptors (Lipinski definition) is 4. The Morgan fingerprint density at radius 3 is 3.05 bits per heavy atom. The largest absolute Gasteiger partial charge is 0.481 e. The van der Waals surface area contributed by atoms with Gasteiger partial charge in [0.05, 0.1) is 17.4 Å². The van der Waals surface area contributed by atoms with E-state index in [1.54, 1.807) is 6.92 Å². The Balaban J connectivity index is 2.52. The monoisotopic (exact) mass is 276 g/mol. The van der Waals surface area contributed by atoms with Gasteiger partial charge in [0.1, 0.15) is 11.4 Å². The molecule has 6 heteroatoms. The Kier molecular flexibility index (Phi) is 3.91. The molecule has 1 aromatic rings. The van der Waals surface area contributed by atoms with Gasteiger partial charge in [0.2, 0.25) is 0 Å². The highest BCUT2D eigenvalue weighted by Crippen LogP contribution is 2.37. The number of rotatable bonds is 2. The third-order valence-corrected chi connectivity index (χ3v) is 2.64. The van der Waals surface area contributed by atoms with Crippen LogP contribution in [0.2, 0.25) is 0 Å². The van der Waals surface area contributed by atoms with Gasteiger partial charge in [-0.2, -0.15) is 4.99 Å². The quantitative estimate of drug-likeness (QED) is 0.473. The number of ether oxygens (including phenoxy) is 1. The highest BCUT2D eigenvalue weighted by molar-refractivity contribution is 7.78. The molecule has 1 amide bonds. The summed E-state index contributed by atoms with van der Waals surface area (Å²) in [5.74, 6) is 4.98. The van der Waals surface area contributed by atoms with Crippen LogP contribution >= 0.6 is 12.2 Å². The molecule has 0 bridgehead atoms. The molecule has 0 aliphatic carbocycles. The van der Waals surface area contributed by atoms with Crippen LogP contribution in [0, 0.1) is 17.7 Å². The van der Waals surface area contributed by atoms with E-state index in [1.807, 2.05) is 0 Å². The standard InChI is InChI=1S/C13H9FN2O2S/c1-2-3-4-16-11-6-10(15-8-19)9(14)5-12(11)18-7-13(16)17/h5-6H,4,7H2,1H3. The zero-order chi connectivity index (χ0) is 13.8. The normalized spacial score (nSPS) is 12.7. The third-order valence-electron chi connectivity index (χ3n) is 2.55. The zero-order valence-electron chi connectivity index (χ0n) is 10.1. The van der Waals surface area contributed by atoms with E-state index in [0.29, 0.717) is 11.4 Å². The summed E-state index contributed by atoms with van der Waals surface area (Å²) in [6.07, 6.45) is 0. The van der Waals surface area contributed by atoms with Crippen molar-refractivity contribution in [2.45, 2.75) is 6.92 Å². The molecule has 1 aliphatic rings. The maximum Gasteiger partial charge on any atom is 0.265 e. The zero-order valence-corrected chi connectivity index (χ0v) is 10.9. The van der Waals surface area contributed by atoms with Crippen LogP contribution in [-0.4, -0.2) is 24.2 Å². The summed E-state index contributed by atoms with van der Waals surface area (Å²) in [5, 5.41) is 2.10. The van der Waals surface area contributed by atoms with Crippen LogP contribution in [0.1, 0.15) is 6.92 Å². The Labute approximate surface area is 114 Å². The van der Waals surface area contributed by atoms with Crippen LogP contribution in [0.4, 0.5) is 15.8 Å². The van der Waals surface area contributed by atoms with Gasteiger partial charge in [0.15, 0.2) is 12.4 Å². The fourth-order valence-corrected chi connectivity index (χ4v) is 1.78. The fraction of sp³-hybridized carbons (Fsp3) is 0.231. The van der Waals surface area contributed by atoms with Gasteiger partial charge in [-0.15, -0.1) is 5.92 Å². The molecule has 19 heavy (non-hydrogen) atoms. The predicted molar refractivity (Wildman–Crippen MR) is 72.4 cm³/mol. The van der Waals surface area contributed by atoms with Crippen LogP contribution in [0.15, 0.2) is 17.1 Å². The molecule has 1 aliphatic heterocycles. The Hall–Kier alpha value is -2.22. The number of fused-ring (bicyclic) bond motifs is 1. The van der Waals surface area contributed by atoms with Gasteiger partial charge >= 0.3 is 0 Å². The molecule has 0 aromatic heterocycles. The molecule has 0 N–H and O–H groups in total. The van der Waals surface area contributed by atoms with E-state index in [-0.39, 0.29) is 24.7 Å². The number of anilines is 1. The molecule has 96 valence electrons. The third kappa shape index (κ3) is 2.63. The highest BCUT2D eigenvalue weighted by atomic mass is 32.1. The first-order valence-corrected chi connectivity index (χ1v) is 5.82. The van der Waals surface area contributed by atoms with E-state index in [0.717, 1.165) is 0 Å². The van der Waals surface area contributed by atoms with Crippen molar-refractivity contribution in [2.24, 2.45) is 4.99 Å². The van der Waals surface area contributed by atoms with Gasteiger partial charge < -0.3 is 4.74 Å². The molecule has 0 radical (unpaired) electrons. The summed E-state index contributed by atoms with van der Waals surface area (Å²) in [5.41, 5.74) is 0.450.